The summed E-state index contributed by atoms with van der Waals surface area (Å²) >= 11 is 2.11. The summed E-state index contributed by atoms with van der Waals surface area (Å²) in [7, 11) is 1.74. The normalized spacial score (nSPS) is 23.2. The van der Waals surface area contributed by atoms with E-state index in [0.717, 1.165) is 17.5 Å². The van der Waals surface area contributed by atoms with Crippen LogP contribution in [0.3, 0.4) is 0 Å². The number of methoxy groups -OCH3 is 1. The molecule has 1 aromatic rings. The number of benzene rings is 1. The second kappa shape index (κ2) is 7.05. The van der Waals surface area contributed by atoms with Crippen LogP contribution in [0, 0.1) is 0 Å². The zero-order chi connectivity index (χ0) is 12.8. The van der Waals surface area contributed by atoms with Crippen molar-refractivity contribution in [3.63, 3.8) is 0 Å². The molecule has 0 bridgehead atoms. The van der Waals surface area contributed by atoms with E-state index in [9.17, 15) is 0 Å². The largest absolute Gasteiger partial charge is 0.496 e. The van der Waals surface area contributed by atoms with Crippen LogP contribution in [0.15, 0.2) is 24.3 Å². The van der Waals surface area contributed by atoms with Gasteiger partial charge >= 0.3 is 0 Å². The van der Waals surface area contributed by atoms with Gasteiger partial charge in [0.15, 0.2) is 0 Å². The number of ether oxygens (including phenoxy) is 1. The van der Waals surface area contributed by atoms with Gasteiger partial charge in [0.2, 0.25) is 0 Å². The number of thioether (sulfide) groups is 1. The first-order chi connectivity index (χ1) is 8.83. The van der Waals surface area contributed by atoms with Gasteiger partial charge in [-0.15, -0.1) is 0 Å². The van der Waals surface area contributed by atoms with E-state index in [-0.39, 0.29) is 0 Å². The maximum atomic E-state index is 5.38. The monoisotopic (exact) mass is 265 g/mol. The van der Waals surface area contributed by atoms with Gasteiger partial charge in [-0.1, -0.05) is 25.1 Å². The van der Waals surface area contributed by atoms with Gasteiger partial charge in [-0.2, -0.15) is 11.8 Å². The van der Waals surface area contributed by atoms with Gasteiger partial charge in [0.05, 0.1) is 7.11 Å². The highest BCUT2D eigenvalue weighted by Crippen LogP contribution is 2.30. The molecule has 100 valence electrons. The van der Waals surface area contributed by atoms with Crippen molar-refractivity contribution in [2.75, 3.05) is 12.9 Å². The highest BCUT2D eigenvalue weighted by atomic mass is 32.2. The summed E-state index contributed by atoms with van der Waals surface area (Å²) in [5, 5.41) is 4.53. The first kappa shape index (κ1) is 13.8. The van der Waals surface area contributed by atoms with Crippen molar-refractivity contribution < 1.29 is 4.74 Å². The Labute approximate surface area is 114 Å². The molecular weight excluding hydrogens is 242 g/mol. The SMILES string of the molecule is CCSC1CCC(NCc2ccccc2OC)C1. The van der Waals surface area contributed by atoms with Crippen molar-refractivity contribution >= 4 is 11.8 Å². The van der Waals surface area contributed by atoms with Crippen LogP contribution in [0.2, 0.25) is 0 Å². The molecule has 1 N–H and O–H groups in total. The first-order valence-electron chi connectivity index (χ1n) is 6.80. The van der Waals surface area contributed by atoms with E-state index in [1.54, 1.807) is 7.11 Å². The zero-order valence-electron chi connectivity index (χ0n) is 11.3. The van der Waals surface area contributed by atoms with Crippen LogP contribution >= 0.6 is 11.8 Å². The predicted octanol–water partition coefficient (Wildman–Crippen LogP) is 3.46. The lowest BCUT2D eigenvalue weighted by molar-refractivity contribution is 0.405. The van der Waals surface area contributed by atoms with Gasteiger partial charge in [-0.25, -0.2) is 0 Å². The summed E-state index contributed by atoms with van der Waals surface area (Å²) in [6.07, 6.45) is 3.99. The van der Waals surface area contributed by atoms with Crippen molar-refractivity contribution in [3.05, 3.63) is 29.8 Å². The lowest BCUT2D eigenvalue weighted by Crippen LogP contribution is -2.26. The molecule has 0 saturated heterocycles. The summed E-state index contributed by atoms with van der Waals surface area (Å²) < 4.78 is 5.38. The summed E-state index contributed by atoms with van der Waals surface area (Å²) in [4.78, 5) is 0. The van der Waals surface area contributed by atoms with Crippen LogP contribution in [-0.4, -0.2) is 24.2 Å². The van der Waals surface area contributed by atoms with Crippen molar-refractivity contribution in [2.24, 2.45) is 0 Å². The second-order valence-electron chi connectivity index (χ2n) is 4.78. The number of hydrogen-bond acceptors (Lipinski definition) is 3. The third kappa shape index (κ3) is 3.66. The molecule has 0 spiro atoms. The van der Waals surface area contributed by atoms with Gasteiger partial charge in [0, 0.05) is 23.4 Å². The summed E-state index contributed by atoms with van der Waals surface area (Å²) in [6, 6.07) is 8.94. The average molecular weight is 265 g/mol. The maximum Gasteiger partial charge on any atom is 0.123 e. The second-order valence-corrected chi connectivity index (χ2v) is 6.36. The maximum absolute atomic E-state index is 5.38. The topological polar surface area (TPSA) is 21.3 Å². The fourth-order valence-corrected chi connectivity index (χ4v) is 3.76. The van der Waals surface area contributed by atoms with Crippen molar-refractivity contribution in [1.29, 1.82) is 0 Å². The van der Waals surface area contributed by atoms with E-state index in [0.29, 0.717) is 6.04 Å². The van der Waals surface area contributed by atoms with Crippen molar-refractivity contribution in [2.45, 2.75) is 44.0 Å². The molecule has 1 fully saturated rings. The Bertz CT molecular complexity index is 369. The Hall–Kier alpha value is -0.670. The highest BCUT2D eigenvalue weighted by Gasteiger charge is 2.24. The Morgan fingerprint density at radius 2 is 2.17 bits per heavy atom. The molecule has 3 heteroatoms. The Kier molecular flexibility index (Phi) is 5.39. The average Bonchev–Trinajstić information content (AvgIpc) is 2.85. The first-order valence-corrected chi connectivity index (χ1v) is 7.85. The highest BCUT2D eigenvalue weighted by molar-refractivity contribution is 7.99. The van der Waals surface area contributed by atoms with Gasteiger partial charge in [-0.3, -0.25) is 0 Å². The molecule has 0 radical (unpaired) electrons. The molecular formula is C15H23NOS. The van der Waals surface area contributed by atoms with Crippen LogP contribution in [0.25, 0.3) is 0 Å². The molecule has 1 aliphatic carbocycles. The Morgan fingerprint density at radius 3 is 2.94 bits per heavy atom. The molecule has 2 nitrogen and oxygen atoms in total. The van der Waals surface area contributed by atoms with Crippen molar-refractivity contribution in [1.82, 2.24) is 5.32 Å². The number of para-hydroxylation sites is 1. The van der Waals surface area contributed by atoms with Gasteiger partial charge < -0.3 is 10.1 Å². The molecule has 18 heavy (non-hydrogen) atoms. The van der Waals surface area contributed by atoms with Crippen LogP contribution in [0.1, 0.15) is 31.7 Å². The summed E-state index contributed by atoms with van der Waals surface area (Å²) in [5.41, 5.74) is 1.26. The third-order valence-electron chi connectivity index (χ3n) is 3.56. The molecule has 1 saturated carbocycles. The van der Waals surface area contributed by atoms with Crippen LogP contribution in [0.5, 0.6) is 5.75 Å². The number of nitrogens with one attached hydrogen (secondary N) is 1. The minimum absolute atomic E-state index is 0.680. The molecule has 0 amide bonds. The molecule has 0 aromatic heterocycles. The summed E-state index contributed by atoms with van der Waals surface area (Å²) in [6.45, 7) is 3.17. The minimum Gasteiger partial charge on any atom is -0.496 e. The lowest BCUT2D eigenvalue weighted by Gasteiger charge is -2.14. The predicted molar refractivity (Wildman–Crippen MR) is 79.4 cm³/mol. The number of hydrogen-bond donors (Lipinski definition) is 1. The lowest BCUT2D eigenvalue weighted by atomic mass is 10.1. The minimum atomic E-state index is 0.680. The molecule has 1 aromatic carbocycles. The Morgan fingerprint density at radius 1 is 1.33 bits per heavy atom. The van der Waals surface area contributed by atoms with E-state index in [2.05, 4.69) is 36.1 Å². The van der Waals surface area contributed by atoms with E-state index < -0.39 is 0 Å². The number of rotatable bonds is 6. The molecule has 1 aliphatic rings. The van der Waals surface area contributed by atoms with Crippen LogP contribution in [-0.2, 0) is 6.54 Å². The summed E-state index contributed by atoms with van der Waals surface area (Å²) in [5.74, 6) is 2.23. The van der Waals surface area contributed by atoms with E-state index in [1.807, 2.05) is 12.1 Å². The molecule has 0 heterocycles. The smallest absolute Gasteiger partial charge is 0.123 e. The fourth-order valence-electron chi connectivity index (χ4n) is 2.62. The van der Waals surface area contributed by atoms with E-state index >= 15 is 0 Å². The van der Waals surface area contributed by atoms with Gasteiger partial charge in [0.25, 0.3) is 0 Å². The molecule has 0 aliphatic heterocycles. The fraction of sp³-hybridized carbons (Fsp3) is 0.600. The zero-order valence-corrected chi connectivity index (χ0v) is 12.1. The molecule has 2 rings (SSSR count). The van der Waals surface area contributed by atoms with Crippen LogP contribution < -0.4 is 10.1 Å². The van der Waals surface area contributed by atoms with Crippen LogP contribution in [0.4, 0.5) is 0 Å². The molecule has 2 atom stereocenters. The Balaban J connectivity index is 1.81. The third-order valence-corrected chi connectivity index (χ3v) is 4.79. The standard InChI is InChI=1S/C15H23NOS/c1-3-18-14-9-8-13(10-14)16-11-12-6-4-5-7-15(12)17-2/h4-7,13-14,16H,3,8-11H2,1-2H3. The van der Waals surface area contributed by atoms with Gasteiger partial charge in [-0.05, 0) is 31.1 Å². The van der Waals surface area contributed by atoms with E-state index in [4.69, 9.17) is 4.74 Å². The van der Waals surface area contributed by atoms with E-state index in [1.165, 1.54) is 30.6 Å². The quantitative estimate of drug-likeness (QED) is 0.851. The molecule has 2 unspecified atom stereocenters. The van der Waals surface area contributed by atoms with Gasteiger partial charge in [0.1, 0.15) is 5.75 Å². The van der Waals surface area contributed by atoms with Crippen molar-refractivity contribution in [3.8, 4) is 5.75 Å².